The monoisotopic (exact) mass is 426 g/mol. The molecule has 1 unspecified atom stereocenters. The van der Waals surface area contributed by atoms with Gasteiger partial charge in [-0.15, -0.1) is 0 Å². The predicted molar refractivity (Wildman–Crippen MR) is 116 cm³/mol. The topological polar surface area (TPSA) is 116 Å². The molecule has 8 heteroatoms. The van der Waals surface area contributed by atoms with E-state index in [1.165, 1.54) is 4.90 Å². The van der Waals surface area contributed by atoms with Crippen LogP contribution in [0, 0.1) is 23.2 Å². The molecule has 31 heavy (non-hydrogen) atoms. The van der Waals surface area contributed by atoms with Crippen molar-refractivity contribution in [3.05, 3.63) is 58.5 Å². The second-order valence-electron chi connectivity index (χ2n) is 9.66. The minimum atomic E-state index is -1.36. The maximum Gasteiger partial charge on any atom is 0.407 e. The Bertz CT molecular complexity index is 904. The van der Waals surface area contributed by atoms with Crippen molar-refractivity contribution in [3.8, 4) is 0 Å². The second-order valence-corrected chi connectivity index (χ2v) is 9.66. The van der Waals surface area contributed by atoms with E-state index in [1.807, 2.05) is 51.1 Å². The molecule has 3 rings (SSSR count). The first-order valence-electron chi connectivity index (χ1n) is 10.5. The van der Waals surface area contributed by atoms with E-state index >= 15 is 0 Å². The van der Waals surface area contributed by atoms with Crippen molar-refractivity contribution in [2.75, 3.05) is 13.1 Å². The highest BCUT2D eigenvalue weighted by Gasteiger charge is 2.61. The lowest BCUT2D eigenvalue weighted by atomic mass is 9.74. The number of likely N-dealkylation sites (tertiary alicyclic amines) is 1. The summed E-state index contributed by atoms with van der Waals surface area (Å²) in [5.41, 5.74) is 9.58. The van der Waals surface area contributed by atoms with Crippen molar-refractivity contribution < 1.29 is 19.4 Å². The van der Waals surface area contributed by atoms with E-state index in [9.17, 15) is 20.2 Å². The largest absolute Gasteiger partial charge is 0.465 e. The Morgan fingerprint density at radius 2 is 2.00 bits per heavy atom. The molecular weight excluding hydrogens is 396 g/mol. The number of allylic oxidation sites excluding steroid dienone is 1. The molecule has 1 aromatic carbocycles. The quantitative estimate of drug-likeness (QED) is 0.226. The summed E-state index contributed by atoms with van der Waals surface area (Å²) in [7, 11) is 0. The number of fused-ring (bicyclic) bond motifs is 1. The first kappa shape index (κ1) is 22.7. The van der Waals surface area contributed by atoms with E-state index in [-0.39, 0.29) is 36.2 Å². The molecular formula is C23H30N4O4. The fourth-order valence-electron chi connectivity index (χ4n) is 4.84. The zero-order valence-electron chi connectivity index (χ0n) is 18.3. The van der Waals surface area contributed by atoms with Gasteiger partial charge >= 0.3 is 12.1 Å². The minimum absolute atomic E-state index is 0.0661. The summed E-state index contributed by atoms with van der Waals surface area (Å²) < 4.78 is 5.64. The van der Waals surface area contributed by atoms with Crippen LogP contribution in [0.25, 0.3) is 10.4 Å². The minimum Gasteiger partial charge on any atom is -0.465 e. The van der Waals surface area contributed by atoms with Gasteiger partial charge in [0, 0.05) is 18.0 Å². The van der Waals surface area contributed by atoms with Gasteiger partial charge in [0.15, 0.2) is 0 Å². The summed E-state index contributed by atoms with van der Waals surface area (Å²) >= 11 is 0. The van der Waals surface area contributed by atoms with Gasteiger partial charge in [-0.2, -0.15) is 0 Å². The maximum absolute atomic E-state index is 13.4. The third kappa shape index (κ3) is 4.54. The molecule has 166 valence electrons. The normalized spacial score (nSPS) is 27.3. The van der Waals surface area contributed by atoms with Gasteiger partial charge in [0.2, 0.25) is 0 Å². The third-order valence-electron chi connectivity index (χ3n) is 6.78. The Labute approximate surface area is 182 Å². The molecule has 1 heterocycles. The molecule has 0 spiro atoms. The van der Waals surface area contributed by atoms with Crippen molar-refractivity contribution in [1.82, 2.24) is 4.90 Å². The number of rotatable bonds is 6. The molecule has 8 nitrogen and oxygen atoms in total. The molecule has 1 aliphatic carbocycles. The molecule has 1 amide bonds. The van der Waals surface area contributed by atoms with Crippen LogP contribution < -0.4 is 0 Å². The highest BCUT2D eigenvalue weighted by Crippen LogP contribution is 2.54. The van der Waals surface area contributed by atoms with Crippen LogP contribution in [0.5, 0.6) is 0 Å². The Morgan fingerprint density at radius 3 is 2.58 bits per heavy atom. The van der Waals surface area contributed by atoms with Crippen LogP contribution in [0.15, 0.2) is 47.6 Å². The van der Waals surface area contributed by atoms with E-state index in [1.54, 1.807) is 0 Å². The van der Waals surface area contributed by atoms with Gasteiger partial charge in [-0.3, -0.25) is 4.79 Å². The number of carboxylic acid groups (broad SMARTS) is 1. The maximum atomic E-state index is 13.4. The summed E-state index contributed by atoms with van der Waals surface area (Å²) in [4.78, 5) is 29.3. The molecule has 0 radical (unpaired) electrons. The van der Waals surface area contributed by atoms with Crippen LogP contribution in [-0.2, 0) is 16.1 Å². The first-order valence-corrected chi connectivity index (χ1v) is 10.5. The smallest absolute Gasteiger partial charge is 0.407 e. The Balaban J connectivity index is 1.91. The van der Waals surface area contributed by atoms with Gasteiger partial charge in [-0.25, -0.2) is 4.79 Å². The number of esters is 1. The van der Waals surface area contributed by atoms with Crippen LogP contribution >= 0.6 is 0 Å². The summed E-state index contributed by atoms with van der Waals surface area (Å²) in [6.45, 7) is 11.1. The number of carbonyl (C=O) groups is 2. The summed E-state index contributed by atoms with van der Waals surface area (Å²) in [5.74, 6) is -1.07. The van der Waals surface area contributed by atoms with Gasteiger partial charge in [0.1, 0.15) is 12.1 Å². The molecule has 4 atom stereocenters. The van der Waals surface area contributed by atoms with Gasteiger partial charge in [-0.05, 0) is 47.1 Å². The second kappa shape index (κ2) is 8.63. The number of hydrogen-bond donors (Lipinski definition) is 1. The lowest BCUT2D eigenvalue weighted by Gasteiger charge is -2.35. The van der Waals surface area contributed by atoms with Crippen LogP contribution in [0.1, 0.15) is 39.2 Å². The van der Waals surface area contributed by atoms with E-state index in [0.717, 1.165) is 11.1 Å². The molecule has 0 aromatic heterocycles. The predicted octanol–water partition coefficient (Wildman–Crippen LogP) is 5.02. The number of carbonyl (C=O) groups excluding carboxylic acids is 1. The average molecular weight is 427 g/mol. The standard InChI is InChI=1S/C23H30N4O4/c1-15(22(2,3)4)10-19-18-13-27(21(29)30)12-17(18)11-23(19,25-26-24)20(28)31-14-16-8-6-5-7-9-16/h5-9,17-19H,1,10-14H2,2-4H3,(H,29,30)/t17-,18+,19-,23?/m0/s1. The summed E-state index contributed by atoms with van der Waals surface area (Å²) in [6, 6.07) is 9.33. The van der Waals surface area contributed by atoms with Crippen molar-refractivity contribution in [1.29, 1.82) is 0 Å². The highest BCUT2D eigenvalue weighted by molar-refractivity contribution is 5.82. The SMILES string of the molecule is C=C(C[C@H]1[C@@H]2CN(C(=O)O)C[C@@H]2CC1(N=[N+]=[N-])C(=O)OCc1ccccc1)C(C)(C)C. The number of nitrogens with zero attached hydrogens (tertiary/aromatic N) is 4. The molecule has 1 saturated heterocycles. The lowest BCUT2D eigenvalue weighted by molar-refractivity contribution is -0.153. The zero-order valence-corrected chi connectivity index (χ0v) is 18.3. The molecule has 2 fully saturated rings. The first-order chi connectivity index (χ1) is 14.6. The van der Waals surface area contributed by atoms with Crippen molar-refractivity contribution in [3.63, 3.8) is 0 Å². The molecule has 1 N–H and O–H groups in total. The number of azide groups is 1. The van der Waals surface area contributed by atoms with Crippen LogP contribution in [0.2, 0.25) is 0 Å². The molecule has 1 aliphatic heterocycles. The van der Waals surface area contributed by atoms with E-state index in [2.05, 4.69) is 16.6 Å². The van der Waals surface area contributed by atoms with Crippen LogP contribution in [-0.4, -0.2) is 40.7 Å². The Kier molecular flexibility index (Phi) is 6.32. The third-order valence-corrected chi connectivity index (χ3v) is 6.78. The van der Waals surface area contributed by atoms with Crippen molar-refractivity contribution >= 4 is 12.1 Å². The van der Waals surface area contributed by atoms with E-state index in [0.29, 0.717) is 19.5 Å². The van der Waals surface area contributed by atoms with Gasteiger partial charge in [0.25, 0.3) is 0 Å². The Morgan fingerprint density at radius 1 is 1.32 bits per heavy atom. The van der Waals surface area contributed by atoms with E-state index < -0.39 is 17.6 Å². The number of hydrogen-bond acceptors (Lipinski definition) is 4. The van der Waals surface area contributed by atoms with Gasteiger partial charge in [0.05, 0.1) is 0 Å². The highest BCUT2D eigenvalue weighted by atomic mass is 16.5. The molecule has 1 saturated carbocycles. The fraction of sp³-hybridized carbons (Fsp3) is 0.565. The summed E-state index contributed by atoms with van der Waals surface area (Å²) in [5, 5.41) is 13.5. The number of ether oxygens (including phenoxy) is 1. The number of amides is 1. The average Bonchev–Trinajstić information content (AvgIpc) is 3.24. The molecule has 0 bridgehead atoms. The van der Waals surface area contributed by atoms with Gasteiger partial charge in [-0.1, -0.05) is 68.4 Å². The van der Waals surface area contributed by atoms with Crippen LogP contribution in [0.4, 0.5) is 4.79 Å². The zero-order chi connectivity index (χ0) is 22.8. The molecule has 1 aromatic rings. The van der Waals surface area contributed by atoms with E-state index in [4.69, 9.17) is 4.74 Å². The van der Waals surface area contributed by atoms with Gasteiger partial charge < -0.3 is 14.7 Å². The fourth-order valence-corrected chi connectivity index (χ4v) is 4.84. The Hall–Kier alpha value is -2.99. The molecule has 2 aliphatic rings. The van der Waals surface area contributed by atoms with Crippen molar-refractivity contribution in [2.24, 2.45) is 28.3 Å². The summed E-state index contributed by atoms with van der Waals surface area (Å²) in [6.07, 6.45) is -0.220. The van der Waals surface area contributed by atoms with Crippen LogP contribution in [0.3, 0.4) is 0 Å². The number of benzene rings is 1. The van der Waals surface area contributed by atoms with Crippen molar-refractivity contribution in [2.45, 2.75) is 45.8 Å². The lowest BCUT2D eigenvalue weighted by Crippen LogP contribution is -2.45.